The van der Waals surface area contributed by atoms with E-state index in [1.165, 1.54) is 11.1 Å². The fourth-order valence-corrected chi connectivity index (χ4v) is 2.22. The lowest BCUT2D eigenvalue weighted by molar-refractivity contribution is 0.153. The molecule has 2 nitrogen and oxygen atoms in total. The van der Waals surface area contributed by atoms with Gasteiger partial charge in [0.25, 0.3) is 0 Å². The van der Waals surface area contributed by atoms with Crippen molar-refractivity contribution in [3.05, 3.63) is 35.4 Å². The first-order valence-corrected chi connectivity index (χ1v) is 4.95. The Bertz CT molecular complexity index is 367. The first-order valence-electron chi connectivity index (χ1n) is 4.95. The van der Waals surface area contributed by atoms with E-state index in [4.69, 9.17) is 5.26 Å². The third-order valence-electron chi connectivity index (χ3n) is 2.92. The molecule has 0 aliphatic heterocycles. The average molecular weight is 187 g/mol. The Morgan fingerprint density at radius 1 is 1.43 bits per heavy atom. The summed E-state index contributed by atoms with van der Waals surface area (Å²) in [6.45, 7) is 0. The van der Waals surface area contributed by atoms with E-state index < -0.39 is 0 Å². The molecule has 14 heavy (non-hydrogen) atoms. The molecule has 1 aromatic carbocycles. The van der Waals surface area contributed by atoms with Crippen molar-refractivity contribution in [1.82, 2.24) is 0 Å². The molecule has 1 N–H and O–H groups in total. The van der Waals surface area contributed by atoms with Crippen molar-refractivity contribution in [3.8, 4) is 6.07 Å². The van der Waals surface area contributed by atoms with Crippen LogP contribution >= 0.6 is 0 Å². The van der Waals surface area contributed by atoms with Crippen molar-refractivity contribution in [3.63, 3.8) is 0 Å². The lowest BCUT2D eigenvalue weighted by Gasteiger charge is -2.13. The molecule has 2 rings (SSSR count). The molecule has 0 bridgehead atoms. The van der Waals surface area contributed by atoms with Crippen molar-refractivity contribution in [2.75, 3.05) is 0 Å². The van der Waals surface area contributed by atoms with Crippen LogP contribution in [-0.2, 0) is 6.42 Å². The highest BCUT2D eigenvalue weighted by Gasteiger charge is 2.29. The second-order valence-corrected chi connectivity index (χ2v) is 3.77. The van der Waals surface area contributed by atoms with Gasteiger partial charge in [-0.15, -0.1) is 0 Å². The summed E-state index contributed by atoms with van der Waals surface area (Å²) in [5.41, 5.74) is 2.47. The van der Waals surface area contributed by atoms with Crippen molar-refractivity contribution in [2.45, 2.75) is 31.3 Å². The van der Waals surface area contributed by atoms with Crippen LogP contribution in [0.5, 0.6) is 0 Å². The van der Waals surface area contributed by atoms with Gasteiger partial charge in [0.2, 0.25) is 0 Å². The number of nitrogens with zero attached hydrogens (tertiary/aromatic N) is 1. The molecule has 2 unspecified atom stereocenters. The predicted octanol–water partition coefficient (Wildman–Crippen LogP) is 1.99. The lowest BCUT2D eigenvalue weighted by atomic mass is 9.95. The van der Waals surface area contributed by atoms with Crippen LogP contribution in [-0.4, -0.2) is 11.2 Å². The zero-order chi connectivity index (χ0) is 9.97. The largest absolute Gasteiger partial charge is 0.392 e. The molecule has 0 spiro atoms. The summed E-state index contributed by atoms with van der Waals surface area (Å²) >= 11 is 0. The van der Waals surface area contributed by atoms with E-state index in [2.05, 4.69) is 18.2 Å². The molecule has 0 saturated carbocycles. The fraction of sp³-hybridized carbons (Fsp3) is 0.417. The van der Waals surface area contributed by atoms with Crippen LogP contribution in [0.4, 0.5) is 0 Å². The standard InChI is InChI=1S/C12H13NO/c13-7-3-6-11-10-5-2-1-4-9(10)8-12(11)14/h1-2,4-5,11-12,14H,3,6,8H2. The topological polar surface area (TPSA) is 44.0 Å². The van der Waals surface area contributed by atoms with Crippen LogP contribution < -0.4 is 0 Å². The van der Waals surface area contributed by atoms with Gasteiger partial charge in [0.05, 0.1) is 12.2 Å². The summed E-state index contributed by atoms with van der Waals surface area (Å²) < 4.78 is 0. The first-order chi connectivity index (χ1) is 6.83. The summed E-state index contributed by atoms with van der Waals surface area (Å²) in [6, 6.07) is 10.3. The van der Waals surface area contributed by atoms with Crippen LogP contribution in [0.25, 0.3) is 0 Å². The Hall–Kier alpha value is -1.33. The van der Waals surface area contributed by atoms with Crippen LogP contribution in [0, 0.1) is 11.3 Å². The molecule has 1 aliphatic rings. The van der Waals surface area contributed by atoms with Crippen LogP contribution in [0.15, 0.2) is 24.3 Å². The van der Waals surface area contributed by atoms with Crippen molar-refractivity contribution in [2.24, 2.45) is 0 Å². The number of aliphatic hydroxyl groups excluding tert-OH is 1. The molecule has 0 radical (unpaired) electrons. The zero-order valence-corrected chi connectivity index (χ0v) is 7.98. The summed E-state index contributed by atoms with van der Waals surface area (Å²) in [6.07, 6.45) is 1.75. The molecule has 1 aromatic rings. The third-order valence-corrected chi connectivity index (χ3v) is 2.92. The molecule has 2 atom stereocenters. The van der Waals surface area contributed by atoms with E-state index in [1.807, 2.05) is 12.1 Å². The normalized spacial score (nSPS) is 24.3. The number of hydrogen-bond donors (Lipinski definition) is 1. The van der Waals surface area contributed by atoms with Gasteiger partial charge in [-0.3, -0.25) is 0 Å². The number of benzene rings is 1. The van der Waals surface area contributed by atoms with Gasteiger partial charge >= 0.3 is 0 Å². The zero-order valence-electron chi connectivity index (χ0n) is 7.98. The van der Waals surface area contributed by atoms with Gasteiger partial charge in [-0.1, -0.05) is 24.3 Å². The Kier molecular flexibility index (Phi) is 2.51. The molecule has 2 heteroatoms. The van der Waals surface area contributed by atoms with Crippen LogP contribution in [0.3, 0.4) is 0 Å². The minimum Gasteiger partial charge on any atom is -0.392 e. The second kappa shape index (κ2) is 3.81. The summed E-state index contributed by atoms with van der Waals surface area (Å²) in [7, 11) is 0. The number of rotatable bonds is 2. The Balaban J connectivity index is 2.22. The van der Waals surface area contributed by atoms with Crippen molar-refractivity contribution >= 4 is 0 Å². The molecule has 0 aromatic heterocycles. The van der Waals surface area contributed by atoms with Gasteiger partial charge in [-0.25, -0.2) is 0 Å². The molecule has 72 valence electrons. The van der Waals surface area contributed by atoms with E-state index in [9.17, 15) is 5.11 Å². The van der Waals surface area contributed by atoms with Gasteiger partial charge in [-0.05, 0) is 24.0 Å². The number of nitriles is 1. The van der Waals surface area contributed by atoms with Gasteiger partial charge in [0.1, 0.15) is 0 Å². The molecule has 1 aliphatic carbocycles. The minimum absolute atomic E-state index is 0.172. The molecule has 0 saturated heterocycles. The molecule has 0 heterocycles. The maximum absolute atomic E-state index is 9.83. The molecular weight excluding hydrogens is 174 g/mol. The van der Waals surface area contributed by atoms with Gasteiger partial charge in [0, 0.05) is 12.3 Å². The van der Waals surface area contributed by atoms with E-state index >= 15 is 0 Å². The fourth-order valence-electron chi connectivity index (χ4n) is 2.22. The van der Waals surface area contributed by atoms with Gasteiger partial charge in [0.15, 0.2) is 0 Å². The first kappa shape index (κ1) is 9.23. The SMILES string of the molecule is N#CCCC1c2ccccc2CC1O. The number of aliphatic hydroxyl groups is 1. The maximum atomic E-state index is 9.83. The Morgan fingerprint density at radius 2 is 2.21 bits per heavy atom. The van der Waals surface area contributed by atoms with Crippen LogP contribution in [0.2, 0.25) is 0 Å². The quantitative estimate of drug-likeness (QED) is 0.769. The van der Waals surface area contributed by atoms with E-state index in [0.29, 0.717) is 6.42 Å². The third kappa shape index (κ3) is 1.51. The Labute approximate surface area is 83.8 Å². The highest BCUT2D eigenvalue weighted by Crippen LogP contribution is 2.36. The van der Waals surface area contributed by atoms with Gasteiger partial charge < -0.3 is 5.11 Å². The monoisotopic (exact) mass is 187 g/mol. The Morgan fingerprint density at radius 3 is 3.00 bits per heavy atom. The lowest BCUT2D eigenvalue weighted by Crippen LogP contribution is -2.12. The summed E-state index contributed by atoms with van der Waals surface area (Å²) in [5, 5.41) is 18.4. The number of hydrogen-bond acceptors (Lipinski definition) is 2. The van der Waals surface area contributed by atoms with Crippen molar-refractivity contribution in [1.29, 1.82) is 5.26 Å². The summed E-state index contributed by atoms with van der Waals surface area (Å²) in [4.78, 5) is 0. The van der Waals surface area contributed by atoms with E-state index in [1.54, 1.807) is 0 Å². The van der Waals surface area contributed by atoms with Crippen molar-refractivity contribution < 1.29 is 5.11 Å². The highest BCUT2D eigenvalue weighted by atomic mass is 16.3. The van der Waals surface area contributed by atoms with Gasteiger partial charge in [-0.2, -0.15) is 5.26 Å². The molecule has 0 amide bonds. The number of fused-ring (bicyclic) bond motifs is 1. The molecule has 0 fully saturated rings. The van der Waals surface area contributed by atoms with E-state index in [0.717, 1.165) is 12.8 Å². The van der Waals surface area contributed by atoms with E-state index in [-0.39, 0.29) is 12.0 Å². The smallest absolute Gasteiger partial charge is 0.0649 e. The highest BCUT2D eigenvalue weighted by molar-refractivity contribution is 5.36. The summed E-state index contributed by atoms with van der Waals surface area (Å²) in [5.74, 6) is 0.172. The maximum Gasteiger partial charge on any atom is 0.0649 e. The van der Waals surface area contributed by atoms with Crippen LogP contribution in [0.1, 0.15) is 29.9 Å². The second-order valence-electron chi connectivity index (χ2n) is 3.77. The average Bonchev–Trinajstić information content (AvgIpc) is 2.51. The molecular formula is C12H13NO. The predicted molar refractivity (Wildman–Crippen MR) is 53.7 cm³/mol. The minimum atomic E-state index is -0.291.